The second-order valence-corrected chi connectivity index (χ2v) is 8.12. The van der Waals surface area contributed by atoms with Crippen LogP contribution in [0.2, 0.25) is 0 Å². The summed E-state index contributed by atoms with van der Waals surface area (Å²) in [5.74, 6) is -0.0512. The summed E-state index contributed by atoms with van der Waals surface area (Å²) in [5, 5.41) is 5.53. The number of aromatic nitrogens is 1. The first-order valence-corrected chi connectivity index (χ1v) is 10.4. The Morgan fingerprint density at radius 1 is 1.21 bits per heavy atom. The predicted octanol–water partition coefficient (Wildman–Crippen LogP) is 3.79. The number of fused-ring (bicyclic) bond motifs is 3. The zero-order valence-corrected chi connectivity index (χ0v) is 16.8. The lowest BCUT2D eigenvalue weighted by atomic mass is 9.89. The highest BCUT2D eigenvalue weighted by Gasteiger charge is 2.35. The molecule has 0 saturated heterocycles. The van der Waals surface area contributed by atoms with Gasteiger partial charge in [0.2, 0.25) is 0 Å². The van der Waals surface area contributed by atoms with Crippen LogP contribution in [0.4, 0.5) is 0 Å². The van der Waals surface area contributed by atoms with Crippen LogP contribution in [0.25, 0.3) is 10.9 Å². The van der Waals surface area contributed by atoms with Crippen LogP contribution in [0.1, 0.15) is 41.3 Å². The highest BCUT2D eigenvalue weighted by molar-refractivity contribution is 5.87. The van der Waals surface area contributed by atoms with Crippen molar-refractivity contribution in [3.8, 4) is 0 Å². The van der Waals surface area contributed by atoms with Gasteiger partial charge in [0.1, 0.15) is 0 Å². The van der Waals surface area contributed by atoms with Crippen molar-refractivity contribution in [1.82, 2.24) is 14.9 Å². The Kier molecular flexibility index (Phi) is 4.68. The average Bonchev–Trinajstić information content (AvgIpc) is 3.05. The number of hydrogen-bond donors (Lipinski definition) is 1. The van der Waals surface area contributed by atoms with Crippen LogP contribution >= 0.6 is 0 Å². The maximum atomic E-state index is 12.5. The fourth-order valence-corrected chi connectivity index (χ4v) is 4.92. The summed E-state index contributed by atoms with van der Waals surface area (Å²) in [6, 6.07) is 16.9. The van der Waals surface area contributed by atoms with Gasteiger partial charge in [0.15, 0.2) is 0 Å². The summed E-state index contributed by atoms with van der Waals surface area (Å²) in [6.45, 7) is 4.38. The molecule has 1 aromatic heterocycles. The molecule has 3 aromatic rings. The number of rotatable bonds is 4. The first-order valence-electron chi connectivity index (χ1n) is 10.4. The first kappa shape index (κ1) is 18.1. The molecule has 5 nitrogen and oxygen atoms in total. The number of hydrazone groups is 1. The van der Waals surface area contributed by atoms with E-state index in [-0.39, 0.29) is 5.91 Å². The second kappa shape index (κ2) is 7.48. The van der Waals surface area contributed by atoms with Crippen LogP contribution in [-0.4, -0.2) is 34.7 Å². The Morgan fingerprint density at radius 2 is 2.07 bits per heavy atom. The van der Waals surface area contributed by atoms with E-state index in [0.29, 0.717) is 12.6 Å². The number of benzene rings is 2. The minimum Gasteiger partial charge on any atom is -0.342 e. The first-order chi connectivity index (χ1) is 14.2. The molecule has 29 heavy (non-hydrogen) atoms. The van der Waals surface area contributed by atoms with Gasteiger partial charge < -0.3 is 4.57 Å². The molecule has 5 rings (SSSR count). The topological polar surface area (TPSA) is 49.6 Å². The smallest absolute Gasteiger partial charge is 0.254 e. The molecule has 0 unspecified atom stereocenters. The van der Waals surface area contributed by atoms with E-state index in [9.17, 15) is 4.79 Å². The molecule has 148 valence electrons. The molecule has 1 atom stereocenters. The van der Waals surface area contributed by atoms with Crippen molar-refractivity contribution in [1.29, 1.82) is 0 Å². The fourth-order valence-electron chi connectivity index (χ4n) is 4.92. The molecule has 0 saturated carbocycles. The molecule has 2 heterocycles. The van der Waals surface area contributed by atoms with Gasteiger partial charge in [-0.3, -0.25) is 9.69 Å². The monoisotopic (exact) mass is 386 g/mol. The van der Waals surface area contributed by atoms with E-state index in [1.54, 1.807) is 6.21 Å². The van der Waals surface area contributed by atoms with Crippen LogP contribution in [0.5, 0.6) is 0 Å². The van der Waals surface area contributed by atoms with Crippen molar-refractivity contribution in [2.75, 3.05) is 13.1 Å². The van der Waals surface area contributed by atoms with Gasteiger partial charge in [0.05, 0.1) is 18.8 Å². The van der Waals surface area contributed by atoms with E-state index in [0.717, 1.165) is 31.5 Å². The van der Waals surface area contributed by atoms with Gasteiger partial charge in [-0.15, -0.1) is 0 Å². The van der Waals surface area contributed by atoms with E-state index >= 15 is 0 Å². The van der Waals surface area contributed by atoms with Gasteiger partial charge in [0, 0.05) is 29.7 Å². The maximum Gasteiger partial charge on any atom is 0.254 e. The van der Waals surface area contributed by atoms with E-state index in [1.807, 2.05) is 30.3 Å². The van der Waals surface area contributed by atoms with Crippen molar-refractivity contribution in [2.45, 2.75) is 38.8 Å². The SMILES string of the molecule is Cc1ccc2c(c1)c1c3n2CCN(CC(=O)N/N=C\c2ccccc2)[C@@H]3CCC1. The van der Waals surface area contributed by atoms with E-state index in [4.69, 9.17) is 0 Å². The third kappa shape index (κ3) is 3.36. The molecule has 5 heteroatoms. The molecule has 2 aromatic carbocycles. The molecule has 1 aliphatic heterocycles. The van der Waals surface area contributed by atoms with Crippen LogP contribution in [0.15, 0.2) is 53.6 Å². The predicted molar refractivity (Wildman–Crippen MR) is 116 cm³/mol. The van der Waals surface area contributed by atoms with Crippen molar-refractivity contribution in [3.05, 3.63) is 70.9 Å². The van der Waals surface area contributed by atoms with Gasteiger partial charge >= 0.3 is 0 Å². The molecule has 0 radical (unpaired) electrons. The quantitative estimate of drug-likeness (QED) is 0.548. The molecule has 1 N–H and O–H groups in total. The van der Waals surface area contributed by atoms with Crippen LogP contribution < -0.4 is 5.43 Å². The number of nitrogens with one attached hydrogen (secondary N) is 1. The molecule has 1 amide bonds. The number of aryl methyl sites for hydroxylation is 2. The Balaban J connectivity index is 1.34. The highest BCUT2D eigenvalue weighted by Crippen LogP contribution is 2.42. The highest BCUT2D eigenvalue weighted by atomic mass is 16.2. The summed E-state index contributed by atoms with van der Waals surface area (Å²) >= 11 is 0. The summed E-state index contributed by atoms with van der Waals surface area (Å²) in [4.78, 5) is 14.9. The lowest BCUT2D eigenvalue weighted by Gasteiger charge is -2.39. The Morgan fingerprint density at radius 3 is 2.93 bits per heavy atom. The van der Waals surface area contributed by atoms with Crippen molar-refractivity contribution >= 4 is 23.0 Å². The number of carbonyl (C=O) groups is 1. The van der Waals surface area contributed by atoms with Crippen LogP contribution in [0.3, 0.4) is 0 Å². The van der Waals surface area contributed by atoms with Crippen LogP contribution in [-0.2, 0) is 17.8 Å². The zero-order valence-electron chi connectivity index (χ0n) is 16.8. The van der Waals surface area contributed by atoms with E-state index < -0.39 is 0 Å². The molecular formula is C24H26N4O. The summed E-state index contributed by atoms with van der Waals surface area (Å²) in [5.41, 5.74) is 9.26. The molecule has 0 bridgehead atoms. The van der Waals surface area contributed by atoms with Crippen molar-refractivity contribution < 1.29 is 4.79 Å². The number of amides is 1. The van der Waals surface area contributed by atoms with Gasteiger partial charge in [-0.2, -0.15) is 5.10 Å². The van der Waals surface area contributed by atoms with Crippen molar-refractivity contribution in [3.63, 3.8) is 0 Å². The Bertz CT molecular complexity index is 1080. The zero-order chi connectivity index (χ0) is 19.8. The molecule has 0 spiro atoms. The van der Waals surface area contributed by atoms with Gasteiger partial charge in [-0.1, -0.05) is 42.0 Å². The minimum atomic E-state index is -0.0512. The Hall–Kier alpha value is -2.92. The average molecular weight is 386 g/mol. The van der Waals surface area contributed by atoms with E-state index in [1.165, 1.54) is 34.1 Å². The maximum absolute atomic E-state index is 12.5. The number of carbonyl (C=O) groups excluding carboxylic acids is 1. The van der Waals surface area contributed by atoms with Gasteiger partial charge in [-0.05, 0) is 49.4 Å². The van der Waals surface area contributed by atoms with Crippen molar-refractivity contribution in [2.24, 2.45) is 5.10 Å². The third-order valence-corrected chi connectivity index (χ3v) is 6.19. The molecule has 0 fully saturated rings. The van der Waals surface area contributed by atoms with Gasteiger partial charge in [-0.25, -0.2) is 5.43 Å². The summed E-state index contributed by atoms with van der Waals surface area (Å²) in [7, 11) is 0. The molecule has 2 aliphatic rings. The van der Waals surface area contributed by atoms with Crippen LogP contribution in [0, 0.1) is 6.92 Å². The third-order valence-electron chi connectivity index (χ3n) is 6.19. The second-order valence-electron chi connectivity index (χ2n) is 8.12. The summed E-state index contributed by atoms with van der Waals surface area (Å²) in [6.07, 6.45) is 5.12. The standard InChI is InChI=1S/C24H26N4O/c1-17-10-11-21-20(14-17)19-8-5-9-22-24(19)28(21)13-12-27(22)16-23(29)26-25-15-18-6-3-2-4-7-18/h2-4,6-7,10-11,14-15,22H,5,8-9,12-13,16H2,1H3,(H,26,29)/b25-15-/t22-/m1/s1. The Labute approximate surface area is 171 Å². The lowest BCUT2D eigenvalue weighted by Crippen LogP contribution is -2.44. The summed E-state index contributed by atoms with van der Waals surface area (Å²) < 4.78 is 2.50. The van der Waals surface area contributed by atoms with Gasteiger partial charge in [0.25, 0.3) is 5.91 Å². The normalized spacial score (nSPS) is 18.9. The molecular weight excluding hydrogens is 360 g/mol. The number of hydrogen-bond acceptors (Lipinski definition) is 3. The lowest BCUT2D eigenvalue weighted by molar-refractivity contribution is -0.123. The largest absolute Gasteiger partial charge is 0.342 e. The minimum absolute atomic E-state index is 0.0512. The molecule has 1 aliphatic carbocycles. The fraction of sp³-hybridized carbons (Fsp3) is 0.333. The van der Waals surface area contributed by atoms with E-state index in [2.05, 4.69) is 45.1 Å². The number of nitrogens with zero attached hydrogens (tertiary/aromatic N) is 3.